The van der Waals surface area contributed by atoms with Crippen molar-refractivity contribution in [1.82, 2.24) is 14.5 Å². The van der Waals surface area contributed by atoms with Crippen molar-refractivity contribution < 1.29 is 4.79 Å². The molecule has 0 aliphatic rings. The van der Waals surface area contributed by atoms with Crippen LogP contribution in [0.3, 0.4) is 0 Å². The fourth-order valence-corrected chi connectivity index (χ4v) is 4.31. The predicted octanol–water partition coefficient (Wildman–Crippen LogP) is 5.82. The van der Waals surface area contributed by atoms with Crippen LogP contribution in [-0.2, 0) is 6.42 Å². The van der Waals surface area contributed by atoms with E-state index in [0.717, 1.165) is 17.7 Å². The molecule has 4 rings (SSSR count). The molecule has 0 spiro atoms. The highest BCUT2D eigenvalue weighted by molar-refractivity contribution is 6.30. The van der Waals surface area contributed by atoms with E-state index >= 15 is 0 Å². The van der Waals surface area contributed by atoms with Crippen molar-refractivity contribution in [2.45, 2.75) is 33.2 Å². The minimum Gasteiger partial charge on any atom is -0.329 e. The van der Waals surface area contributed by atoms with E-state index < -0.39 is 6.04 Å². The van der Waals surface area contributed by atoms with Crippen molar-refractivity contribution in [2.24, 2.45) is 0 Å². The van der Waals surface area contributed by atoms with Crippen LogP contribution in [0.4, 0.5) is 0 Å². The molecule has 1 aromatic heterocycles. The van der Waals surface area contributed by atoms with Gasteiger partial charge in [-0.2, -0.15) is 0 Å². The number of carbonyl (C=O) groups is 1. The lowest BCUT2D eigenvalue weighted by Crippen LogP contribution is -2.37. The molecule has 0 aliphatic heterocycles. The van der Waals surface area contributed by atoms with Gasteiger partial charge in [-0.25, -0.2) is 4.98 Å². The van der Waals surface area contributed by atoms with Gasteiger partial charge in [0.2, 0.25) is 0 Å². The molecule has 3 aromatic carbocycles. The maximum atomic E-state index is 13.7. The first-order valence-electron chi connectivity index (χ1n) is 11.1. The molecule has 6 heteroatoms. The van der Waals surface area contributed by atoms with Gasteiger partial charge in [-0.1, -0.05) is 48.9 Å². The SMILES string of the molecule is CCc1ccccc1-n1c(C(C)N(CC)C(=O)c2ccc(Cl)cc2)nc2ccccc2c1=O. The molecule has 0 N–H and O–H groups in total. The quantitative estimate of drug-likeness (QED) is 0.364. The van der Waals surface area contributed by atoms with Crippen molar-refractivity contribution >= 4 is 28.4 Å². The fraction of sp³-hybridized carbons (Fsp3) is 0.222. The summed E-state index contributed by atoms with van der Waals surface area (Å²) in [5.74, 6) is 0.392. The van der Waals surface area contributed by atoms with Gasteiger partial charge in [0.15, 0.2) is 0 Å². The number of halogens is 1. The molecular weight excluding hydrogens is 434 g/mol. The number of nitrogens with zero attached hydrogens (tertiary/aromatic N) is 3. The Kier molecular flexibility index (Phi) is 6.61. The van der Waals surface area contributed by atoms with Crippen LogP contribution in [0.1, 0.15) is 48.6 Å². The van der Waals surface area contributed by atoms with Crippen molar-refractivity contribution in [3.05, 3.63) is 105 Å². The van der Waals surface area contributed by atoms with Crippen LogP contribution in [0.25, 0.3) is 16.6 Å². The van der Waals surface area contributed by atoms with E-state index in [2.05, 4.69) is 6.92 Å². The Bertz CT molecular complexity index is 1360. The Morgan fingerprint density at radius 3 is 2.36 bits per heavy atom. The van der Waals surface area contributed by atoms with Gasteiger partial charge >= 0.3 is 0 Å². The molecule has 1 atom stereocenters. The number of fused-ring (bicyclic) bond motifs is 1. The van der Waals surface area contributed by atoms with Gasteiger partial charge in [-0.3, -0.25) is 14.2 Å². The third-order valence-electron chi connectivity index (χ3n) is 5.95. The van der Waals surface area contributed by atoms with Gasteiger partial charge < -0.3 is 4.90 Å². The molecule has 1 unspecified atom stereocenters. The Morgan fingerprint density at radius 1 is 1.00 bits per heavy atom. The van der Waals surface area contributed by atoms with Crippen LogP contribution in [0, 0.1) is 0 Å². The van der Waals surface area contributed by atoms with E-state index in [1.165, 1.54) is 0 Å². The summed E-state index contributed by atoms with van der Waals surface area (Å²) in [4.78, 5) is 33.7. The third kappa shape index (κ3) is 4.29. The Hall–Kier alpha value is -3.44. The van der Waals surface area contributed by atoms with E-state index in [4.69, 9.17) is 16.6 Å². The van der Waals surface area contributed by atoms with Crippen LogP contribution in [0.2, 0.25) is 5.02 Å². The zero-order valence-corrected chi connectivity index (χ0v) is 19.7. The minimum absolute atomic E-state index is 0.139. The maximum absolute atomic E-state index is 13.7. The van der Waals surface area contributed by atoms with Crippen LogP contribution in [-0.4, -0.2) is 26.9 Å². The van der Waals surface area contributed by atoms with Gasteiger partial charge in [-0.15, -0.1) is 0 Å². The van der Waals surface area contributed by atoms with Gasteiger partial charge in [0.25, 0.3) is 11.5 Å². The number of rotatable bonds is 6. The number of hydrogen-bond acceptors (Lipinski definition) is 3. The minimum atomic E-state index is -0.444. The summed E-state index contributed by atoms with van der Waals surface area (Å²) in [5, 5.41) is 1.12. The number of hydrogen-bond donors (Lipinski definition) is 0. The molecule has 1 heterocycles. The van der Waals surface area contributed by atoms with Gasteiger partial charge in [0.1, 0.15) is 5.82 Å². The first-order chi connectivity index (χ1) is 16.0. The molecule has 1 amide bonds. The van der Waals surface area contributed by atoms with E-state index in [1.807, 2.05) is 56.3 Å². The topological polar surface area (TPSA) is 55.2 Å². The van der Waals surface area contributed by atoms with Crippen LogP contribution in [0.15, 0.2) is 77.6 Å². The second-order valence-electron chi connectivity index (χ2n) is 7.88. The molecule has 4 aromatic rings. The summed E-state index contributed by atoms with van der Waals surface area (Å²) in [5.41, 5.74) is 2.84. The number of amides is 1. The highest BCUT2D eigenvalue weighted by Crippen LogP contribution is 2.26. The lowest BCUT2D eigenvalue weighted by molar-refractivity contribution is 0.0693. The lowest BCUT2D eigenvalue weighted by atomic mass is 10.1. The number of para-hydroxylation sites is 2. The lowest BCUT2D eigenvalue weighted by Gasteiger charge is -2.30. The third-order valence-corrected chi connectivity index (χ3v) is 6.20. The Balaban J connectivity index is 1.92. The summed E-state index contributed by atoms with van der Waals surface area (Å²) in [7, 11) is 0. The summed E-state index contributed by atoms with van der Waals surface area (Å²) < 4.78 is 1.67. The number of carbonyl (C=O) groups excluding carboxylic acids is 1. The monoisotopic (exact) mass is 459 g/mol. The summed E-state index contributed by atoms with van der Waals surface area (Å²) in [6, 6.07) is 21.6. The average Bonchev–Trinajstić information content (AvgIpc) is 2.84. The van der Waals surface area contributed by atoms with Crippen LogP contribution in [0.5, 0.6) is 0 Å². The summed E-state index contributed by atoms with van der Waals surface area (Å²) >= 11 is 6.01. The normalized spacial score (nSPS) is 12.0. The molecule has 0 aliphatic carbocycles. The number of aromatic nitrogens is 2. The predicted molar refractivity (Wildman–Crippen MR) is 133 cm³/mol. The summed E-state index contributed by atoms with van der Waals surface area (Å²) in [6.45, 7) is 6.36. The number of aryl methyl sites for hydroxylation is 1. The second-order valence-corrected chi connectivity index (χ2v) is 8.32. The molecular formula is C27H26ClN3O2. The molecule has 33 heavy (non-hydrogen) atoms. The van der Waals surface area contributed by atoms with Crippen molar-refractivity contribution in [3.8, 4) is 5.69 Å². The van der Waals surface area contributed by atoms with Gasteiger partial charge in [0, 0.05) is 17.1 Å². The molecule has 0 bridgehead atoms. The highest BCUT2D eigenvalue weighted by atomic mass is 35.5. The van der Waals surface area contributed by atoms with Crippen LogP contribution < -0.4 is 5.56 Å². The Morgan fingerprint density at radius 2 is 1.67 bits per heavy atom. The van der Waals surface area contributed by atoms with Crippen molar-refractivity contribution in [1.29, 1.82) is 0 Å². The van der Waals surface area contributed by atoms with Crippen molar-refractivity contribution in [2.75, 3.05) is 6.54 Å². The van der Waals surface area contributed by atoms with Crippen molar-refractivity contribution in [3.63, 3.8) is 0 Å². The molecule has 0 radical (unpaired) electrons. The first kappa shape index (κ1) is 22.7. The zero-order chi connectivity index (χ0) is 23.5. The molecule has 168 valence electrons. The average molecular weight is 460 g/mol. The van der Waals surface area contributed by atoms with E-state index in [-0.39, 0.29) is 11.5 Å². The zero-order valence-electron chi connectivity index (χ0n) is 19.0. The van der Waals surface area contributed by atoms with E-state index in [0.29, 0.717) is 33.9 Å². The first-order valence-corrected chi connectivity index (χ1v) is 11.5. The van der Waals surface area contributed by atoms with E-state index in [9.17, 15) is 9.59 Å². The standard InChI is InChI=1S/C27H26ClN3O2/c1-4-19-10-6-9-13-24(19)31-25(29-23-12-8-7-11-22(23)27(31)33)18(3)30(5-2)26(32)20-14-16-21(28)17-15-20/h6-18H,4-5H2,1-3H3. The largest absolute Gasteiger partial charge is 0.329 e. The Labute approximate surface area is 198 Å². The second kappa shape index (κ2) is 9.59. The maximum Gasteiger partial charge on any atom is 0.266 e. The van der Waals surface area contributed by atoms with E-state index in [1.54, 1.807) is 39.8 Å². The highest BCUT2D eigenvalue weighted by Gasteiger charge is 2.27. The molecule has 0 saturated carbocycles. The van der Waals surface area contributed by atoms with Gasteiger partial charge in [-0.05, 0) is 68.3 Å². The smallest absolute Gasteiger partial charge is 0.266 e. The number of benzene rings is 3. The molecule has 0 saturated heterocycles. The molecule has 5 nitrogen and oxygen atoms in total. The van der Waals surface area contributed by atoms with Crippen LogP contribution >= 0.6 is 11.6 Å². The summed E-state index contributed by atoms with van der Waals surface area (Å²) in [6.07, 6.45) is 0.768. The fourth-order valence-electron chi connectivity index (χ4n) is 4.18. The molecule has 0 fully saturated rings. The van der Waals surface area contributed by atoms with Gasteiger partial charge in [0.05, 0.1) is 22.6 Å².